The fraction of sp³-hybridized carbons (Fsp3) is 0.125. The molecule has 24 heavy (non-hydrogen) atoms. The number of carbonyl (C=O) groups is 1. The normalized spacial score (nSPS) is 13.1. The first-order valence-electron chi connectivity index (χ1n) is 7.48. The predicted octanol–water partition coefficient (Wildman–Crippen LogP) is 0.510. The molecule has 2 aromatic heterocycles. The zero-order valence-electron chi connectivity index (χ0n) is 12.6. The fourth-order valence-corrected chi connectivity index (χ4v) is 2.65. The van der Waals surface area contributed by atoms with Crippen molar-refractivity contribution in [2.45, 2.75) is 13.0 Å². The first-order chi connectivity index (χ1) is 11.7. The second kappa shape index (κ2) is 5.99. The second-order valence-corrected chi connectivity index (χ2v) is 5.55. The summed E-state index contributed by atoms with van der Waals surface area (Å²) in [6.07, 6.45) is 3.47. The topological polar surface area (TPSA) is 101 Å². The van der Waals surface area contributed by atoms with E-state index >= 15 is 0 Å². The molecule has 0 fully saturated rings. The van der Waals surface area contributed by atoms with Gasteiger partial charge in [-0.1, -0.05) is 18.2 Å². The van der Waals surface area contributed by atoms with E-state index in [1.165, 1.54) is 0 Å². The minimum atomic E-state index is -0.919. The lowest BCUT2D eigenvalue weighted by molar-refractivity contribution is 0.0983. The summed E-state index contributed by atoms with van der Waals surface area (Å²) in [7, 11) is -0.919. The minimum Gasteiger partial charge on any atom is -0.423 e. The molecule has 0 spiro atoms. The predicted molar refractivity (Wildman–Crippen MR) is 86.5 cm³/mol. The molecule has 0 atom stereocenters. The summed E-state index contributed by atoms with van der Waals surface area (Å²) in [5, 5.41) is 16.5. The highest BCUT2D eigenvalue weighted by Crippen LogP contribution is 2.15. The number of hydrogen-bond acceptors (Lipinski definition) is 6. The van der Waals surface area contributed by atoms with E-state index in [0.29, 0.717) is 17.9 Å². The molecule has 0 saturated heterocycles. The highest BCUT2D eigenvalue weighted by molar-refractivity contribution is 6.61. The van der Waals surface area contributed by atoms with Crippen molar-refractivity contribution < 1.29 is 14.5 Å². The standard InChI is InChI=1S/C16H13BN4O3/c22-14(7-10-3-4-12-9-24-17(23)13(12)6-10)16-19-15(20-21-16)11-2-1-5-18-8-11/h1-6,8,23H,7,9H2,(H,19,20,21). The van der Waals surface area contributed by atoms with Crippen LogP contribution < -0.4 is 5.46 Å². The SMILES string of the molecule is O=C(Cc1ccc2c(c1)B(O)OC2)c1nc(-c2cccnc2)n[nH]1. The Balaban J connectivity index is 1.53. The van der Waals surface area contributed by atoms with Gasteiger partial charge < -0.3 is 9.68 Å². The number of aromatic amines is 1. The number of benzene rings is 1. The van der Waals surface area contributed by atoms with Crippen LogP contribution in [0.25, 0.3) is 11.4 Å². The van der Waals surface area contributed by atoms with Crippen molar-refractivity contribution in [1.82, 2.24) is 20.2 Å². The van der Waals surface area contributed by atoms with Crippen LogP contribution in [-0.4, -0.2) is 38.1 Å². The Hall–Kier alpha value is -2.84. The molecule has 0 amide bonds. The van der Waals surface area contributed by atoms with Gasteiger partial charge in [-0.05, 0) is 28.7 Å². The average Bonchev–Trinajstić information content (AvgIpc) is 3.24. The van der Waals surface area contributed by atoms with Gasteiger partial charge in [0, 0.05) is 24.4 Å². The van der Waals surface area contributed by atoms with E-state index in [1.807, 2.05) is 18.2 Å². The van der Waals surface area contributed by atoms with Gasteiger partial charge in [0.2, 0.25) is 5.78 Å². The van der Waals surface area contributed by atoms with Gasteiger partial charge in [0.15, 0.2) is 11.6 Å². The smallest absolute Gasteiger partial charge is 0.423 e. The molecule has 0 saturated carbocycles. The van der Waals surface area contributed by atoms with E-state index in [0.717, 1.165) is 16.7 Å². The molecule has 0 bridgehead atoms. The highest BCUT2D eigenvalue weighted by Gasteiger charge is 2.27. The van der Waals surface area contributed by atoms with Crippen molar-refractivity contribution >= 4 is 18.4 Å². The van der Waals surface area contributed by atoms with Crippen LogP contribution >= 0.6 is 0 Å². The minimum absolute atomic E-state index is 0.168. The number of nitrogens with zero attached hydrogens (tertiary/aromatic N) is 3. The first kappa shape index (κ1) is 14.7. The van der Waals surface area contributed by atoms with Crippen LogP contribution in [0.5, 0.6) is 0 Å². The lowest BCUT2D eigenvalue weighted by atomic mass is 9.78. The van der Waals surface area contributed by atoms with Crippen LogP contribution in [-0.2, 0) is 17.7 Å². The number of aromatic nitrogens is 4. The number of carbonyl (C=O) groups excluding carboxylic acids is 1. The van der Waals surface area contributed by atoms with Crippen LogP contribution in [0.2, 0.25) is 0 Å². The molecular formula is C16H13BN4O3. The molecule has 0 unspecified atom stereocenters. The molecular weight excluding hydrogens is 307 g/mol. The summed E-state index contributed by atoms with van der Waals surface area (Å²) in [5.74, 6) is 0.460. The number of rotatable bonds is 4. The molecule has 8 heteroatoms. The second-order valence-electron chi connectivity index (χ2n) is 5.55. The molecule has 118 valence electrons. The Kier molecular flexibility index (Phi) is 3.68. The molecule has 4 rings (SSSR count). The quantitative estimate of drug-likeness (QED) is 0.536. The van der Waals surface area contributed by atoms with Crippen LogP contribution in [0.3, 0.4) is 0 Å². The lowest BCUT2D eigenvalue weighted by Crippen LogP contribution is -2.28. The van der Waals surface area contributed by atoms with E-state index in [-0.39, 0.29) is 18.0 Å². The number of nitrogens with one attached hydrogen (secondary N) is 1. The van der Waals surface area contributed by atoms with Crippen molar-refractivity contribution in [2.24, 2.45) is 0 Å². The van der Waals surface area contributed by atoms with Crippen LogP contribution in [0.1, 0.15) is 21.7 Å². The van der Waals surface area contributed by atoms with Crippen molar-refractivity contribution in [3.8, 4) is 11.4 Å². The summed E-state index contributed by atoms with van der Waals surface area (Å²) in [5.41, 5.74) is 3.19. The summed E-state index contributed by atoms with van der Waals surface area (Å²) in [4.78, 5) is 20.6. The number of ketones is 1. The first-order valence-corrected chi connectivity index (χ1v) is 7.48. The van der Waals surface area contributed by atoms with Gasteiger partial charge >= 0.3 is 7.12 Å². The van der Waals surface area contributed by atoms with E-state index in [2.05, 4.69) is 20.2 Å². The monoisotopic (exact) mass is 320 g/mol. The van der Waals surface area contributed by atoms with Crippen molar-refractivity contribution in [3.63, 3.8) is 0 Å². The molecule has 1 aliphatic heterocycles. The maximum atomic E-state index is 12.4. The van der Waals surface area contributed by atoms with Gasteiger partial charge in [0.1, 0.15) is 0 Å². The maximum absolute atomic E-state index is 12.4. The Labute approximate surface area is 137 Å². The van der Waals surface area contributed by atoms with Crippen LogP contribution in [0, 0.1) is 0 Å². The van der Waals surface area contributed by atoms with E-state index in [9.17, 15) is 9.82 Å². The third-order valence-corrected chi connectivity index (χ3v) is 3.91. The fourth-order valence-electron chi connectivity index (χ4n) is 2.65. The van der Waals surface area contributed by atoms with Gasteiger partial charge in [0.05, 0.1) is 6.61 Å². The Morgan fingerprint density at radius 2 is 2.29 bits per heavy atom. The molecule has 0 radical (unpaired) electrons. The van der Waals surface area contributed by atoms with Gasteiger partial charge in [-0.2, -0.15) is 5.10 Å². The van der Waals surface area contributed by atoms with Crippen molar-refractivity contribution in [1.29, 1.82) is 0 Å². The Morgan fingerprint density at radius 1 is 1.38 bits per heavy atom. The van der Waals surface area contributed by atoms with E-state index in [4.69, 9.17) is 4.65 Å². The van der Waals surface area contributed by atoms with Crippen LogP contribution in [0.15, 0.2) is 42.7 Å². The third kappa shape index (κ3) is 2.73. The van der Waals surface area contributed by atoms with Crippen molar-refractivity contribution in [2.75, 3.05) is 0 Å². The molecule has 2 N–H and O–H groups in total. The van der Waals surface area contributed by atoms with Crippen molar-refractivity contribution in [3.05, 3.63) is 59.7 Å². The van der Waals surface area contributed by atoms with Gasteiger partial charge in [-0.15, -0.1) is 0 Å². The molecule has 0 aliphatic carbocycles. The number of hydrogen-bond donors (Lipinski definition) is 2. The van der Waals surface area contributed by atoms with Gasteiger partial charge in [-0.3, -0.25) is 14.9 Å². The maximum Gasteiger partial charge on any atom is 0.491 e. The summed E-state index contributed by atoms with van der Waals surface area (Å²) in [6.45, 7) is 0.390. The lowest BCUT2D eigenvalue weighted by Gasteiger charge is -2.03. The zero-order chi connectivity index (χ0) is 16.5. The molecule has 3 aromatic rings. The molecule has 7 nitrogen and oxygen atoms in total. The summed E-state index contributed by atoms with van der Waals surface area (Å²) >= 11 is 0. The molecule has 3 heterocycles. The largest absolute Gasteiger partial charge is 0.491 e. The number of fused-ring (bicyclic) bond motifs is 1. The van der Waals surface area contributed by atoms with E-state index in [1.54, 1.807) is 24.5 Å². The Bertz CT molecular complexity index is 897. The Morgan fingerprint density at radius 3 is 3.12 bits per heavy atom. The molecule has 1 aromatic carbocycles. The highest BCUT2D eigenvalue weighted by atomic mass is 16.5. The summed E-state index contributed by atoms with van der Waals surface area (Å²) in [6, 6.07) is 9.13. The van der Waals surface area contributed by atoms with E-state index < -0.39 is 7.12 Å². The third-order valence-electron chi connectivity index (χ3n) is 3.91. The number of pyridine rings is 1. The van der Waals surface area contributed by atoms with Crippen LogP contribution in [0.4, 0.5) is 0 Å². The number of H-pyrrole nitrogens is 1. The molecule has 1 aliphatic rings. The average molecular weight is 320 g/mol. The summed E-state index contributed by atoms with van der Waals surface area (Å²) < 4.78 is 5.16. The number of Topliss-reactive ketones (excluding diaryl/α,β-unsaturated/α-hetero) is 1. The van der Waals surface area contributed by atoms with Gasteiger partial charge in [-0.25, -0.2) is 4.98 Å². The zero-order valence-corrected chi connectivity index (χ0v) is 12.6. The van der Waals surface area contributed by atoms with Gasteiger partial charge in [0.25, 0.3) is 0 Å².